The van der Waals surface area contributed by atoms with Crippen molar-refractivity contribution in [3.63, 3.8) is 0 Å². The first-order valence-electron chi connectivity index (χ1n) is 5.28. The molecule has 1 aromatic rings. The van der Waals surface area contributed by atoms with E-state index in [0.717, 1.165) is 12.0 Å². The van der Waals surface area contributed by atoms with Crippen LogP contribution in [0.3, 0.4) is 0 Å². The number of hydrogen-bond acceptors (Lipinski definition) is 2. The average molecular weight is 190 g/mol. The zero-order valence-electron chi connectivity index (χ0n) is 7.99. The topological polar surface area (TPSA) is 44.9 Å². The second-order valence-corrected chi connectivity index (χ2v) is 4.34. The summed E-state index contributed by atoms with van der Waals surface area (Å²) in [5.41, 5.74) is 1.05. The predicted octanol–water partition coefficient (Wildman–Crippen LogP) is 0.983. The highest BCUT2D eigenvalue weighted by atomic mass is 16.1. The maximum absolute atomic E-state index is 11.6. The summed E-state index contributed by atoms with van der Waals surface area (Å²) in [6.07, 6.45) is 5.35. The molecule has 74 valence electrons. The minimum Gasteiger partial charge on any atom is -0.329 e. The van der Waals surface area contributed by atoms with Crippen LogP contribution in [-0.2, 0) is 0 Å². The fraction of sp³-hybridized carbons (Fsp3) is 0.545. The maximum Gasteiger partial charge on any atom is 0.251 e. The van der Waals surface area contributed by atoms with Gasteiger partial charge in [-0.1, -0.05) is 6.07 Å². The third kappa shape index (κ3) is 1.12. The summed E-state index contributed by atoms with van der Waals surface area (Å²) in [6, 6.07) is 5.09. The Morgan fingerprint density at radius 3 is 2.93 bits per heavy atom. The second kappa shape index (κ2) is 2.95. The van der Waals surface area contributed by atoms with Crippen molar-refractivity contribution in [2.75, 3.05) is 0 Å². The van der Waals surface area contributed by atoms with Gasteiger partial charge in [0.2, 0.25) is 0 Å². The van der Waals surface area contributed by atoms with Gasteiger partial charge >= 0.3 is 0 Å². The minimum atomic E-state index is 0.0897. The number of pyridine rings is 1. The van der Waals surface area contributed by atoms with Crippen molar-refractivity contribution >= 4 is 0 Å². The van der Waals surface area contributed by atoms with Crippen molar-refractivity contribution in [3.8, 4) is 0 Å². The number of hydrogen-bond donors (Lipinski definition) is 2. The van der Waals surface area contributed by atoms with Gasteiger partial charge in [-0.2, -0.15) is 0 Å². The third-order valence-electron chi connectivity index (χ3n) is 3.55. The molecule has 2 aliphatic heterocycles. The van der Waals surface area contributed by atoms with Gasteiger partial charge in [0.25, 0.3) is 5.56 Å². The summed E-state index contributed by atoms with van der Waals surface area (Å²) in [7, 11) is 0. The van der Waals surface area contributed by atoms with E-state index in [9.17, 15) is 4.79 Å². The first-order valence-corrected chi connectivity index (χ1v) is 5.28. The van der Waals surface area contributed by atoms with Gasteiger partial charge in [-0.3, -0.25) is 4.79 Å². The lowest BCUT2D eigenvalue weighted by Gasteiger charge is -2.19. The van der Waals surface area contributed by atoms with E-state index in [2.05, 4.69) is 10.3 Å². The summed E-state index contributed by atoms with van der Waals surface area (Å²) >= 11 is 0. The van der Waals surface area contributed by atoms with E-state index >= 15 is 0 Å². The van der Waals surface area contributed by atoms with E-state index < -0.39 is 0 Å². The van der Waals surface area contributed by atoms with Crippen LogP contribution >= 0.6 is 0 Å². The molecule has 2 fully saturated rings. The van der Waals surface area contributed by atoms with E-state index in [1.54, 1.807) is 6.20 Å². The molecule has 0 radical (unpaired) electrons. The molecule has 3 atom stereocenters. The molecule has 3 rings (SSSR count). The summed E-state index contributed by atoms with van der Waals surface area (Å²) in [5.74, 6) is 0.443. The molecule has 0 spiro atoms. The van der Waals surface area contributed by atoms with Gasteiger partial charge in [-0.25, -0.2) is 0 Å². The van der Waals surface area contributed by atoms with Crippen molar-refractivity contribution in [2.24, 2.45) is 0 Å². The fourth-order valence-electron chi connectivity index (χ4n) is 2.89. The van der Waals surface area contributed by atoms with Crippen molar-refractivity contribution in [1.29, 1.82) is 0 Å². The highest BCUT2D eigenvalue weighted by Crippen LogP contribution is 2.38. The number of aromatic nitrogens is 1. The summed E-state index contributed by atoms with van der Waals surface area (Å²) < 4.78 is 0. The molecule has 3 unspecified atom stereocenters. The molecule has 2 N–H and O–H groups in total. The van der Waals surface area contributed by atoms with Gasteiger partial charge in [0, 0.05) is 29.8 Å². The van der Waals surface area contributed by atoms with Crippen LogP contribution in [0.4, 0.5) is 0 Å². The van der Waals surface area contributed by atoms with Crippen LogP contribution in [0, 0.1) is 0 Å². The molecule has 3 heterocycles. The van der Waals surface area contributed by atoms with Crippen LogP contribution in [0.5, 0.6) is 0 Å². The first kappa shape index (κ1) is 8.24. The molecule has 1 aromatic heterocycles. The van der Waals surface area contributed by atoms with Crippen LogP contribution in [0.2, 0.25) is 0 Å². The molecule has 0 aliphatic carbocycles. The molecule has 0 amide bonds. The van der Waals surface area contributed by atoms with Crippen molar-refractivity contribution in [2.45, 2.75) is 37.3 Å². The summed E-state index contributed by atoms with van der Waals surface area (Å²) in [6.45, 7) is 0. The van der Waals surface area contributed by atoms with Crippen LogP contribution in [0.1, 0.15) is 30.7 Å². The number of aromatic amines is 1. The molecule has 0 aromatic carbocycles. The summed E-state index contributed by atoms with van der Waals surface area (Å²) in [4.78, 5) is 14.4. The Balaban J connectivity index is 1.97. The van der Waals surface area contributed by atoms with Crippen molar-refractivity contribution in [3.05, 3.63) is 34.2 Å². The Morgan fingerprint density at radius 1 is 1.36 bits per heavy atom. The van der Waals surface area contributed by atoms with Crippen LogP contribution in [0.25, 0.3) is 0 Å². The lowest BCUT2D eigenvalue weighted by Crippen LogP contribution is -2.25. The van der Waals surface area contributed by atoms with Gasteiger partial charge in [0.1, 0.15) is 0 Å². The lowest BCUT2D eigenvalue weighted by molar-refractivity contribution is 0.503. The molecule has 2 aliphatic rings. The minimum absolute atomic E-state index is 0.0897. The van der Waals surface area contributed by atoms with Crippen LogP contribution in [-0.4, -0.2) is 17.1 Å². The monoisotopic (exact) mass is 190 g/mol. The highest BCUT2D eigenvalue weighted by Gasteiger charge is 2.40. The second-order valence-electron chi connectivity index (χ2n) is 4.34. The highest BCUT2D eigenvalue weighted by molar-refractivity contribution is 5.22. The Kier molecular flexibility index (Phi) is 1.74. The number of nitrogens with one attached hydrogen (secondary N) is 2. The van der Waals surface area contributed by atoms with Gasteiger partial charge in [0.15, 0.2) is 0 Å². The lowest BCUT2D eigenvalue weighted by atomic mass is 9.84. The number of fused-ring (bicyclic) bond motifs is 2. The first-order chi connectivity index (χ1) is 6.84. The number of rotatable bonds is 1. The maximum atomic E-state index is 11.6. The Morgan fingerprint density at radius 2 is 2.29 bits per heavy atom. The SMILES string of the molecule is O=c1[nH]cccc1C1CC2CCC1N2. The van der Waals surface area contributed by atoms with Gasteiger partial charge in [-0.15, -0.1) is 0 Å². The standard InChI is InChI=1S/C11H14N2O/c14-11-8(2-1-5-12-11)9-6-7-3-4-10(9)13-7/h1-2,5,7,9-10,13H,3-4,6H2,(H,12,14). The molecular formula is C11H14N2O. The van der Waals surface area contributed by atoms with E-state index in [-0.39, 0.29) is 5.56 Å². The molecular weight excluding hydrogens is 176 g/mol. The van der Waals surface area contributed by atoms with E-state index in [1.807, 2.05) is 12.1 Å². The quantitative estimate of drug-likeness (QED) is 0.693. The third-order valence-corrected chi connectivity index (χ3v) is 3.55. The van der Waals surface area contributed by atoms with Gasteiger partial charge in [-0.05, 0) is 25.3 Å². The molecule has 3 nitrogen and oxygen atoms in total. The Hall–Kier alpha value is -1.09. The average Bonchev–Trinajstić information content (AvgIpc) is 2.79. The zero-order valence-corrected chi connectivity index (χ0v) is 7.99. The molecule has 0 saturated carbocycles. The van der Waals surface area contributed by atoms with Gasteiger partial charge < -0.3 is 10.3 Å². The van der Waals surface area contributed by atoms with Gasteiger partial charge in [0.05, 0.1) is 0 Å². The van der Waals surface area contributed by atoms with Crippen molar-refractivity contribution in [1.82, 2.24) is 10.3 Å². The van der Waals surface area contributed by atoms with E-state index in [0.29, 0.717) is 18.0 Å². The largest absolute Gasteiger partial charge is 0.329 e. The van der Waals surface area contributed by atoms with Crippen LogP contribution < -0.4 is 10.9 Å². The predicted molar refractivity (Wildman–Crippen MR) is 54.4 cm³/mol. The number of H-pyrrole nitrogens is 1. The smallest absolute Gasteiger partial charge is 0.251 e. The molecule has 3 heteroatoms. The molecule has 14 heavy (non-hydrogen) atoms. The Bertz CT molecular complexity index is 398. The summed E-state index contributed by atoms with van der Waals surface area (Å²) in [5, 5.41) is 3.55. The van der Waals surface area contributed by atoms with E-state index in [1.165, 1.54) is 12.8 Å². The molecule has 2 bridgehead atoms. The molecule has 2 saturated heterocycles. The van der Waals surface area contributed by atoms with Crippen molar-refractivity contribution < 1.29 is 0 Å². The zero-order chi connectivity index (χ0) is 9.54. The Labute approximate surface area is 82.5 Å². The van der Waals surface area contributed by atoms with Crippen LogP contribution in [0.15, 0.2) is 23.1 Å². The van der Waals surface area contributed by atoms with E-state index in [4.69, 9.17) is 0 Å². The fourth-order valence-corrected chi connectivity index (χ4v) is 2.89. The normalized spacial score (nSPS) is 35.0.